The molecule has 3 rings (SSSR count). The average Bonchev–Trinajstić information content (AvgIpc) is 2.76. The summed E-state index contributed by atoms with van der Waals surface area (Å²) in [6.45, 7) is 3.61. The summed E-state index contributed by atoms with van der Waals surface area (Å²) in [5, 5.41) is 3.93. The van der Waals surface area contributed by atoms with Crippen LogP contribution in [0.3, 0.4) is 0 Å². The zero-order chi connectivity index (χ0) is 24.0. The Morgan fingerprint density at radius 3 is 2.64 bits per heavy atom. The third-order valence-electron chi connectivity index (χ3n) is 4.39. The Kier molecular flexibility index (Phi) is 8.35. The number of amides is 1. The van der Waals surface area contributed by atoms with E-state index in [-0.39, 0.29) is 17.9 Å². The molecule has 0 saturated carbocycles. The molecule has 0 aromatic heterocycles. The van der Waals surface area contributed by atoms with Gasteiger partial charge in [0, 0.05) is 10.0 Å². The maximum atomic E-state index is 13.4. The highest BCUT2D eigenvalue weighted by Crippen LogP contribution is 2.32. The van der Waals surface area contributed by atoms with E-state index in [0.717, 1.165) is 17.2 Å². The first-order chi connectivity index (χ1) is 15.7. The number of ether oxygens (including phenoxy) is 2. The molecule has 0 fully saturated rings. The van der Waals surface area contributed by atoms with Crippen LogP contribution < -0.4 is 14.9 Å². The molecule has 0 aliphatic rings. The second-order valence-electron chi connectivity index (χ2n) is 7.06. The number of benzene rings is 3. The number of nitrogens with zero attached hydrogens (tertiary/aromatic N) is 1. The lowest BCUT2D eigenvalue weighted by atomic mass is 10.1. The second kappa shape index (κ2) is 11.2. The molecule has 0 bridgehead atoms. The number of carbonyl (C=O) groups is 2. The first-order valence-electron chi connectivity index (χ1n) is 9.71. The van der Waals surface area contributed by atoms with Gasteiger partial charge in [0.05, 0.1) is 16.3 Å². The summed E-state index contributed by atoms with van der Waals surface area (Å²) >= 11 is 6.71. The van der Waals surface area contributed by atoms with Crippen LogP contribution in [-0.2, 0) is 4.79 Å². The summed E-state index contributed by atoms with van der Waals surface area (Å²) in [6.07, 6.45) is 1.33. The van der Waals surface area contributed by atoms with E-state index in [1.54, 1.807) is 12.1 Å². The van der Waals surface area contributed by atoms with Crippen molar-refractivity contribution in [2.75, 3.05) is 6.61 Å². The summed E-state index contributed by atoms with van der Waals surface area (Å²) in [5.74, 6) is -0.960. The highest BCUT2D eigenvalue weighted by molar-refractivity contribution is 9.11. The Morgan fingerprint density at radius 2 is 1.88 bits per heavy atom. The zero-order valence-electron chi connectivity index (χ0n) is 17.7. The first-order valence-corrected chi connectivity index (χ1v) is 11.3. The summed E-state index contributed by atoms with van der Waals surface area (Å²) in [5.41, 5.74) is 4.78. The number of rotatable bonds is 7. The van der Waals surface area contributed by atoms with E-state index in [0.29, 0.717) is 20.3 Å². The molecule has 0 atom stereocenters. The summed E-state index contributed by atoms with van der Waals surface area (Å²) in [6, 6.07) is 14.2. The molecule has 3 aromatic rings. The van der Waals surface area contributed by atoms with E-state index in [4.69, 9.17) is 9.47 Å². The molecule has 0 aliphatic heterocycles. The lowest BCUT2D eigenvalue weighted by Gasteiger charge is -2.11. The highest BCUT2D eigenvalue weighted by atomic mass is 79.9. The van der Waals surface area contributed by atoms with Crippen molar-refractivity contribution >= 4 is 50.0 Å². The number of esters is 1. The van der Waals surface area contributed by atoms with Gasteiger partial charge < -0.3 is 9.47 Å². The molecule has 3 aromatic carbocycles. The molecule has 33 heavy (non-hydrogen) atoms. The van der Waals surface area contributed by atoms with Crippen molar-refractivity contribution in [3.8, 4) is 11.5 Å². The Balaban J connectivity index is 1.69. The fourth-order valence-corrected chi connectivity index (χ4v) is 4.10. The Labute approximate surface area is 207 Å². The Morgan fingerprint density at radius 1 is 1.09 bits per heavy atom. The second-order valence-corrected chi connectivity index (χ2v) is 8.83. The normalized spacial score (nSPS) is 10.8. The van der Waals surface area contributed by atoms with Crippen molar-refractivity contribution in [3.05, 3.63) is 91.6 Å². The van der Waals surface area contributed by atoms with Gasteiger partial charge in [-0.25, -0.2) is 14.6 Å². The molecule has 1 N–H and O–H groups in total. The number of carbonyl (C=O) groups excluding carboxylic acids is 2. The van der Waals surface area contributed by atoms with Crippen molar-refractivity contribution in [1.82, 2.24) is 5.43 Å². The molecule has 1 amide bonds. The van der Waals surface area contributed by atoms with Crippen LogP contribution in [0.2, 0.25) is 0 Å². The van der Waals surface area contributed by atoms with Gasteiger partial charge in [0.15, 0.2) is 12.4 Å². The molecule has 9 heteroatoms. The standard InChI is InChI=1S/C24H19Br2FN2O4/c1-14-6-7-15(2)21(8-14)32-13-22(30)29-28-12-17-9-18(25)11-20(26)23(17)33-24(31)16-4-3-5-19(27)10-16/h3-12H,13H2,1-2H3,(H,29,30)/b28-12+. The van der Waals surface area contributed by atoms with Crippen molar-refractivity contribution in [2.24, 2.45) is 5.10 Å². The number of hydrazone groups is 1. The van der Waals surface area contributed by atoms with E-state index in [2.05, 4.69) is 42.4 Å². The maximum Gasteiger partial charge on any atom is 0.343 e. The van der Waals surface area contributed by atoms with Crippen LogP contribution in [0.1, 0.15) is 27.0 Å². The SMILES string of the molecule is Cc1ccc(C)c(OCC(=O)N/N=C/c2cc(Br)cc(Br)c2OC(=O)c2cccc(F)c2)c1. The smallest absolute Gasteiger partial charge is 0.343 e. The quantitative estimate of drug-likeness (QED) is 0.169. The molecule has 6 nitrogen and oxygen atoms in total. The average molecular weight is 578 g/mol. The van der Waals surface area contributed by atoms with Crippen LogP contribution in [-0.4, -0.2) is 24.7 Å². The van der Waals surface area contributed by atoms with Crippen LogP contribution in [0.25, 0.3) is 0 Å². The summed E-state index contributed by atoms with van der Waals surface area (Å²) in [7, 11) is 0. The third kappa shape index (κ3) is 6.97. The van der Waals surface area contributed by atoms with Gasteiger partial charge in [-0.05, 0) is 77.3 Å². The van der Waals surface area contributed by atoms with Crippen LogP contribution in [0.15, 0.2) is 68.6 Å². The molecular formula is C24H19Br2FN2O4. The number of nitrogens with one attached hydrogen (secondary N) is 1. The Bertz CT molecular complexity index is 1230. The highest BCUT2D eigenvalue weighted by Gasteiger charge is 2.16. The number of aryl methyl sites for hydroxylation is 2. The topological polar surface area (TPSA) is 77.0 Å². The van der Waals surface area contributed by atoms with Crippen LogP contribution in [0.5, 0.6) is 11.5 Å². The van der Waals surface area contributed by atoms with Crippen molar-refractivity contribution in [1.29, 1.82) is 0 Å². The van der Waals surface area contributed by atoms with Crippen LogP contribution in [0, 0.1) is 19.7 Å². The van der Waals surface area contributed by atoms with Gasteiger partial charge in [0.1, 0.15) is 11.6 Å². The van der Waals surface area contributed by atoms with Gasteiger partial charge in [0.25, 0.3) is 5.91 Å². The van der Waals surface area contributed by atoms with Crippen molar-refractivity contribution in [3.63, 3.8) is 0 Å². The van der Waals surface area contributed by atoms with Crippen LogP contribution in [0.4, 0.5) is 4.39 Å². The van der Waals surface area contributed by atoms with E-state index in [1.165, 1.54) is 24.4 Å². The molecular weight excluding hydrogens is 559 g/mol. The first kappa shape index (κ1) is 24.6. The minimum absolute atomic E-state index is 0.0598. The summed E-state index contributed by atoms with van der Waals surface area (Å²) < 4.78 is 25.6. The van der Waals surface area contributed by atoms with E-state index < -0.39 is 17.7 Å². The van der Waals surface area contributed by atoms with Gasteiger partial charge in [-0.15, -0.1) is 0 Å². The molecule has 0 spiro atoms. The van der Waals surface area contributed by atoms with Gasteiger partial charge in [-0.3, -0.25) is 4.79 Å². The molecule has 0 radical (unpaired) electrons. The van der Waals surface area contributed by atoms with Gasteiger partial charge >= 0.3 is 5.97 Å². The number of hydrogen-bond acceptors (Lipinski definition) is 5. The molecule has 0 heterocycles. The molecule has 0 aliphatic carbocycles. The minimum atomic E-state index is -0.738. The van der Waals surface area contributed by atoms with Crippen LogP contribution >= 0.6 is 31.9 Å². The predicted octanol–water partition coefficient (Wildman–Crippen LogP) is 5.72. The number of hydrogen-bond donors (Lipinski definition) is 1. The van der Waals surface area contributed by atoms with E-state index in [9.17, 15) is 14.0 Å². The lowest BCUT2D eigenvalue weighted by Crippen LogP contribution is -2.24. The largest absolute Gasteiger partial charge is 0.483 e. The fraction of sp³-hybridized carbons (Fsp3) is 0.125. The fourth-order valence-electron chi connectivity index (χ4n) is 2.76. The van der Waals surface area contributed by atoms with E-state index >= 15 is 0 Å². The molecule has 0 saturated heterocycles. The Hall–Kier alpha value is -3.04. The molecule has 0 unspecified atom stereocenters. The maximum absolute atomic E-state index is 13.4. The monoisotopic (exact) mass is 576 g/mol. The number of halogens is 3. The lowest BCUT2D eigenvalue weighted by molar-refractivity contribution is -0.123. The van der Waals surface area contributed by atoms with Gasteiger partial charge in [-0.2, -0.15) is 5.10 Å². The minimum Gasteiger partial charge on any atom is -0.483 e. The van der Waals surface area contributed by atoms with Crippen molar-refractivity contribution in [2.45, 2.75) is 13.8 Å². The summed E-state index contributed by atoms with van der Waals surface area (Å²) in [4.78, 5) is 24.6. The zero-order valence-corrected chi connectivity index (χ0v) is 20.9. The van der Waals surface area contributed by atoms with Crippen molar-refractivity contribution < 1.29 is 23.5 Å². The molecule has 170 valence electrons. The predicted molar refractivity (Wildman–Crippen MR) is 130 cm³/mol. The third-order valence-corrected chi connectivity index (χ3v) is 5.43. The van der Waals surface area contributed by atoms with E-state index in [1.807, 2.05) is 32.0 Å². The van der Waals surface area contributed by atoms with Gasteiger partial charge in [-0.1, -0.05) is 34.1 Å². The van der Waals surface area contributed by atoms with Gasteiger partial charge in [0.2, 0.25) is 0 Å².